The van der Waals surface area contributed by atoms with Crippen molar-refractivity contribution in [1.29, 1.82) is 0 Å². The molecule has 0 radical (unpaired) electrons. The normalized spacial score (nSPS) is 23.8. The van der Waals surface area contributed by atoms with Gasteiger partial charge in [-0.2, -0.15) is 0 Å². The highest BCUT2D eigenvalue weighted by Crippen LogP contribution is 2.12. The van der Waals surface area contributed by atoms with Crippen LogP contribution in [0, 0.1) is 0 Å². The molecule has 6 heteroatoms. The Hall–Kier alpha value is -1.14. The van der Waals surface area contributed by atoms with E-state index in [-0.39, 0.29) is 31.4 Å². The van der Waals surface area contributed by atoms with Gasteiger partial charge in [-0.25, -0.2) is 0 Å². The monoisotopic (exact) mass is 286 g/mol. The summed E-state index contributed by atoms with van der Waals surface area (Å²) >= 11 is 0. The van der Waals surface area contributed by atoms with E-state index in [1.54, 1.807) is 0 Å². The molecular formula is C13H19ClN2O3. The fraction of sp³-hybridized carbons (Fsp3) is 0.462. The molecule has 0 spiro atoms. The number of rotatable bonds is 3. The van der Waals surface area contributed by atoms with Crippen molar-refractivity contribution in [3.8, 4) is 0 Å². The SMILES string of the molecule is Cl.N[C@@H](Cc1ccccc1)C(=O)N1C[C@@H](O)[C@@H](O)C1. The third-order valence-corrected chi connectivity index (χ3v) is 3.19. The van der Waals surface area contributed by atoms with E-state index in [1.807, 2.05) is 30.3 Å². The summed E-state index contributed by atoms with van der Waals surface area (Å²) in [5.74, 6) is -0.227. The zero-order valence-corrected chi connectivity index (χ0v) is 11.3. The number of β-amino-alcohol motifs (C(OH)–C–C–N with tert-alkyl or cyclic N) is 2. The van der Waals surface area contributed by atoms with Crippen molar-refractivity contribution in [3.05, 3.63) is 35.9 Å². The lowest BCUT2D eigenvalue weighted by atomic mass is 10.1. The Morgan fingerprint density at radius 2 is 1.79 bits per heavy atom. The van der Waals surface area contributed by atoms with Crippen molar-refractivity contribution in [2.45, 2.75) is 24.7 Å². The molecule has 1 heterocycles. The Balaban J connectivity index is 0.00000180. The summed E-state index contributed by atoms with van der Waals surface area (Å²) in [6, 6.07) is 8.90. The van der Waals surface area contributed by atoms with Crippen LogP contribution in [-0.4, -0.2) is 52.4 Å². The van der Waals surface area contributed by atoms with Gasteiger partial charge in [0.15, 0.2) is 0 Å². The van der Waals surface area contributed by atoms with Crippen molar-refractivity contribution in [2.75, 3.05) is 13.1 Å². The molecule has 1 aliphatic rings. The predicted octanol–water partition coefficient (Wildman–Crippen LogP) is -0.458. The number of hydrogen-bond donors (Lipinski definition) is 3. The molecule has 2 rings (SSSR count). The van der Waals surface area contributed by atoms with Gasteiger partial charge in [0.2, 0.25) is 5.91 Å². The van der Waals surface area contributed by atoms with Gasteiger partial charge in [0.25, 0.3) is 0 Å². The van der Waals surface area contributed by atoms with Crippen LogP contribution in [0.3, 0.4) is 0 Å². The topological polar surface area (TPSA) is 86.8 Å². The maximum atomic E-state index is 12.0. The van der Waals surface area contributed by atoms with E-state index in [1.165, 1.54) is 4.90 Å². The lowest BCUT2D eigenvalue weighted by molar-refractivity contribution is -0.132. The minimum absolute atomic E-state index is 0. The van der Waals surface area contributed by atoms with Crippen molar-refractivity contribution in [2.24, 2.45) is 5.73 Å². The first-order chi connectivity index (χ1) is 8.58. The second-order valence-corrected chi connectivity index (χ2v) is 4.67. The molecule has 3 atom stereocenters. The number of halogens is 1. The van der Waals surface area contributed by atoms with Gasteiger partial charge in [0.1, 0.15) is 0 Å². The molecule has 0 bridgehead atoms. The summed E-state index contributed by atoms with van der Waals surface area (Å²) in [6.45, 7) is 0.310. The number of aliphatic hydroxyl groups excluding tert-OH is 2. The molecule has 0 aromatic heterocycles. The number of likely N-dealkylation sites (tertiary alicyclic amines) is 1. The first-order valence-electron chi connectivity index (χ1n) is 6.02. The Kier molecular flexibility index (Phi) is 5.75. The molecule has 1 aromatic rings. The van der Waals surface area contributed by atoms with Gasteiger partial charge in [-0.1, -0.05) is 30.3 Å². The van der Waals surface area contributed by atoms with Gasteiger partial charge in [-0.05, 0) is 12.0 Å². The molecule has 19 heavy (non-hydrogen) atoms. The Labute approximate surface area is 118 Å². The number of nitrogens with zero attached hydrogens (tertiary/aromatic N) is 1. The van der Waals surface area contributed by atoms with Gasteiger partial charge >= 0.3 is 0 Å². The molecule has 1 amide bonds. The second-order valence-electron chi connectivity index (χ2n) is 4.67. The molecule has 5 nitrogen and oxygen atoms in total. The number of carbonyl (C=O) groups excluding carboxylic acids is 1. The number of hydrogen-bond acceptors (Lipinski definition) is 4. The van der Waals surface area contributed by atoms with Gasteiger partial charge in [-0.15, -0.1) is 12.4 Å². The average Bonchev–Trinajstić information content (AvgIpc) is 2.70. The molecule has 1 aromatic carbocycles. The molecule has 0 unspecified atom stereocenters. The van der Waals surface area contributed by atoms with Gasteiger partial charge in [0.05, 0.1) is 18.2 Å². The molecule has 1 fully saturated rings. The molecule has 0 aliphatic carbocycles. The molecule has 0 saturated carbocycles. The minimum Gasteiger partial charge on any atom is -0.388 e. The van der Waals surface area contributed by atoms with E-state index in [4.69, 9.17) is 5.73 Å². The number of nitrogens with two attached hydrogens (primary N) is 1. The summed E-state index contributed by atoms with van der Waals surface area (Å²) in [6.07, 6.45) is -1.27. The van der Waals surface area contributed by atoms with Crippen LogP contribution < -0.4 is 5.73 Å². The van der Waals surface area contributed by atoms with Crippen LogP contribution in [-0.2, 0) is 11.2 Å². The molecule has 1 saturated heterocycles. The van der Waals surface area contributed by atoms with Crippen molar-refractivity contribution < 1.29 is 15.0 Å². The van der Waals surface area contributed by atoms with E-state index in [9.17, 15) is 15.0 Å². The lowest BCUT2D eigenvalue weighted by Crippen LogP contribution is -2.44. The summed E-state index contributed by atoms with van der Waals surface area (Å²) in [4.78, 5) is 13.4. The maximum absolute atomic E-state index is 12.0. The molecule has 106 valence electrons. The van der Waals surface area contributed by atoms with Crippen LogP contribution in [0.15, 0.2) is 30.3 Å². The van der Waals surface area contributed by atoms with Gasteiger partial charge in [0, 0.05) is 13.1 Å². The van der Waals surface area contributed by atoms with Gasteiger partial charge < -0.3 is 20.8 Å². The zero-order valence-electron chi connectivity index (χ0n) is 10.5. The summed E-state index contributed by atoms with van der Waals surface area (Å²) < 4.78 is 0. The average molecular weight is 287 g/mol. The first-order valence-corrected chi connectivity index (χ1v) is 6.02. The van der Waals surface area contributed by atoms with E-state index in [2.05, 4.69) is 0 Å². The van der Waals surface area contributed by atoms with Crippen molar-refractivity contribution >= 4 is 18.3 Å². The Bertz CT molecular complexity index is 406. The fourth-order valence-corrected chi connectivity index (χ4v) is 2.14. The molecular weight excluding hydrogens is 268 g/mol. The van der Waals surface area contributed by atoms with Crippen LogP contribution in [0.25, 0.3) is 0 Å². The fourth-order valence-electron chi connectivity index (χ4n) is 2.14. The highest BCUT2D eigenvalue weighted by Gasteiger charge is 2.34. The Morgan fingerprint density at radius 1 is 1.26 bits per heavy atom. The number of carbonyl (C=O) groups is 1. The summed E-state index contributed by atoms with van der Waals surface area (Å²) in [5.41, 5.74) is 6.86. The highest BCUT2D eigenvalue weighted by molar-refractivity contribution is 5.85. The van der Waals surface area contributed by atoms with Crippen LogP contribution in [0.5, 0.6) is 0 Å². The number of aliphatic hydroxyl groups is 2. The third-order valence-electron chi connectivity index (χ3n) is 3.19. The maximum Gasteiger partial charge on any atom is 0.240 e. The predicted molar refractivity (Wildman–Crippen MR) is 74.0 cm³/mol. The third kappa shape index (κ3) is 3.91. The standard InChI is InChI=1S/C13H18N2O3.ClH/c14-10(6-9-4-2-1-3-5-9)13(18)15-7-11(16)12(17)8-15;/h1-5,10-12,16-17H,6-8,14H2;1H/t10-,11-,12+;/m0./s1. The molecule has 1 aliphatic heterocycles. The zero-order chi connectivity index (χ0) is 13.1. The highest BCUT2D eigenvalue weighted by atomic mass is 35.5. The van der Waals surface area contributed by atoms with Crippen LogP contribution >= 0.6 is 12.4 Å². The first kappa shape index (κ1) is 15.9. The second kappa shape index (κ2) is 6.86. The summed E-state index contributed by atoms with van der Waals surface area (Å²) in [7, 11) is 0. The van der Waals surface area contributed by atoms with Crippen LogP contribution in [0.4, 0.5) is 0 Å². The smallest absolute Gasteiger partial charge is 0.240 e. The van der Waals surface area contributed by atoms with Gasteiger partial charge in [-0.3, -0.25) is 4.79 Å². The number of benzene rings is 1. The van der Waals surface area contributed by atoms with E-state index in [0.717, 1.165) is 5.56 Å². The quantitative estimate of drug-likeness (QED) is 0.702. The molecule has 4 N–H and O–H groups in total. The van der Waals surface area contributed by atoms with E-state index < -0.39 is 18.2 Å². The van der Waals surface area contributed by atoms with E-state index in [0.29, 0.717) is 6.42 Å². The van der Waals surface area contributed by atoms with E-state index >= 15 is 0 Å². The summed E-state index contributed by atoms with van der Waals surface area (Å²) in [5, 5.41) is 18.8. The minimum atomic E-state index is -0.863. The number of amides is 1. The van der Waals surface area contributed by atoms with Crippen molar-refractivity contribution in [3.63, 3.8) is 0 Å². The van der Waals surface area contributed by atoms with Crippen LogP contribution in [0.1, 0.15) is 5.56 Å². The van der Waals surface area contributed by atoms with Crippen molar-refractivity contribution in [1.82, 2.24) is 4.90 Å². The largest absolute Gasteiger partial charge is 0.388 e. The van der Waals surface area contributed by atoms with Crippen LogP contribution in [0.2, 0.25) is 0 Å². The Morgan fingerprint density at radius 3 is 2.32 bits per heavy atom. The lowest BCUT2D eigenvalue weighted by Gasteiger charge is -2.20.